The second kappa shape index (κ2) is 7.04. The largest absolute Gasteiger partial charge is 0.317 e. The molecule has 1 heterocycles. The van der Waals surface area contributed by atoms with Gasteiger partial charge in [-0.15, -0.1) is 0 Å². The normalized spacial score (nSPS) is 17.8. The minimum Gasteiger partial charge on any atom is -0.317 e. The first kappa shape index (κ1) is 13.7. The smallest absolute Gasteiger partial charge is 0.214 e. The molecule has 0 aliphatic carbocycles. The molecule has 1 aliphatic rings. The summed E-state index contributed by atoms with van der Waals surface area (Å²) < 4.78 is 25.3. The second-order valence-corrected chi connectivity index (χ2v) is 6.13. The van der Waals surface area contributed by atoms with Crippen LogP contribution in [0.25, 0.3) is 0 Å². The zero-order valence-electron chi connectivity index (χ0n) is 9.98. The summed E-state index contributed by atoms with van der Waals surface area (Å²) in [5.41, 5.74) is 0. The molecular formula is C11H22N2O2S. The van der Waals surface area contributed by atoms with Gasteiger partial charge in [-0.25, -0.2) is 8.42 Å². The van der Waals surface area contributed by atoms with Crippen LogP contribution in [0.4, 0.5) is 0 Å². The molecule has 0 aromatic carbocycles. The zero-order chi connectivity index (χ0) is 11.9. The predicted molar refractivity (Wildman–Crippen MR) is 66.9 cm³/mol. The lowest BCUT2D eigenvalue weighted by Crippen LogP contribution is -2.36. The van der Waals surface area contributed by atoms with E-state index in [0.29, 0.717) is 19.5 Å². The highest BCUT2D eigenvalue weighted by atomic mass is 32.2. The molecule has 0 bridgehead atoms. The third kappa shape index (κ3) is 4.63. The van der Waals surface area contributed by atoms with E-state index in [1.54, 1.807) is 4.31 Å². The third-order valence-electron chi connectivity index (χ3n) is 2.60. The van der Waals surface area contributed by atoms with Gasteiger partial charge in [0.05, 0.1) is 5.75 Å². The Hall–Kier alpha value is -0.390. The molecule has 0 amide bonds. The van der Waals surface area contributed by atoms with E-state index in [1.165, 1.54) is 0 Å². The molecule has 0 saturated carbocycles. The van der Waals surface area contributed by atoms with E-state index in [-0.39, 0.29) is 5.75 Å². The van der Waals surface area contributed by atoms with Crippen LogP contribution in [-0.2, 0) is 10.0 Å². The molecule has 1 aliphatic heterocycles. The number of nitrogens with zero attached hydrogens (tertiary/aromatic N) is 1. The quantitative estimate of drug-likeness (QED) is 0.538. The Kier molecular flexibility index (Phi) is 6.01. The minimum absolute atomic E-state index is 0.261. The van der Waals surface area contributed by atoms with Crippen molar-refractivity contribution in [1.29, 1.82) is 0 Å². The van der Waals surface area contributed by atoms with Gasteiger partial charge >= 0.3 is 0 Å². The van der Waals surface area contributed by atoms with E-state index >= 15 is 0 Å². The molecule has 1 rings (SSSR count). The number of nitrogens with one attached hydrogen (secondary N) is 1. The van der Waals surface area contributed by atoms with E-state index in [1.807, 2.05) is 12.2 Å². The van der Waals surface area contributed by atoms with Gasteiger partial charge in [-0.1, -0.05) is 19.1 Å². The van der Waals surface area contributed by atoms with Crippen molar-refractivity contribution in [2.24, 2.45) is 0 Å². The summed E-state index contributed by atoms with van der Waals surface area (Å²) >= 11 is 0. The fourth-order valence-electron chi connectivity index (χ4n) is 1.68. The van der Waals surface area contributed by atoms with Crippen molar-refractivity contribution in [1.82, 2.24) is 9.62 Å². The fraction of sp³-hybridized carbons (Fsp3) is 0.818. The molecule has 0 saturated heterocycles. The van der Waals surface area contributed by atoms with Crippen molar-refractivity contribution < 1.29 is 8.42 Å². The second-order valence-electron chi connectivity index (χ2n) is 4.04. The van der Waals surface area contributed by atoms with Crippen molar-refractivity contribution in [2.45, 2.75) is 26.2 Å². The summed E-state index contributed by atoms with van der Waals surface area (Å²) in [5.74, 6) is 0.261. The molecule has 0 spiro atoms. The van der Waals surface area contributed by atoms with Gasteiger partial charge in [0, 0.05) is 13.1 Å². The van der Waals surface area contributed by atoms with Crippen LogP contribution in [0.5, 0.6) is 0 Å². The van der Waals surface area contributed by atoms with E-state index in [2.05, 4.69) is 12.2 Å². The monoisotopic (exact) mass is 246 g/mol. The average Bonchev–Trinajstić information content (AvgIpc) is 2.30. The Balaban J connectivity index is 2.26. The minimum atomic E-state index is -3.03. The summed E-state index contributed by atoms with van der Waals surface area (Å²) in [7, 11) is -3.03. The Morgan fingerprint density at radius 3 is 2.75 bits per heavy atom. The topological polar surface area (TPSA) is 49.4 Å². The number of sulfonamides is 1. The zero-order valence-corrected chi connectivity index (χ0v) is 10.8. The lowest BCUT2D eigenvalue weighted by atomic mass is 10.3. The van der Waals surface area contributed by atoms with E-state index < -0.39 is 10.0 Å². The van der Waals surface area contributed by atoms with Gasteiger partial charge in [0.15, 0.2) is 0 Å². The standard InChI is InChI=1S/C11H22N2O2S/c1-2-7-12-8-6-11-16(14,15)13-9-4-3-5-10-13/h3-4,12H,2,5-11H2,1H3. The summed E-state index contributed by atoms with van der Waals surface area (Å²) in [6.07, 6.45) is 6.59. The van der Waals surface area contributed by atoms with Crippen LogP contribution < -0.4 is 5.32 Å². The number of hydrogen-bond acceptors (Lipinski definition) is 3. The Morgan fingerprint density at radius 2 is 2.12 bits per heavy atom. The van der Waals surface area contributed by atoms with E-state index in [9.17, 15) is 8.42 Å². The molecular weight excluding hydrogens is 224 g/mol. The van der Waals surface area contributed by atoms with Crippen LogP contribution in [0.3, 0.4) is 0 Å². The molecule has 0 atom stereocenters. The third-order valence-corrected chi connectivity index (χ3v) is 4.52. The number of hydrogen-bond donors (Lipinski definition) is 1. The molecule has 5 heteroatoms. The molecule has 0 aromatic heterocycles. The SMILES string of the molecule is CCCNCCCS(=O)(=O)N1CC=CCC1. The first-order valence-corrected chi connectivity index (χ1v) is 7.61. The van der Waals surface area contributed by atoms with Crippen LogP contribution in [0, 0.1) is 0 Å². The van der Waals surface area contributed by atoms with Crippen molar-refractivity contribution in [3.63, 3.8) is 0 Å². The maximum Gasteiger partial charge on any atom is 0.214 e. The van der Waals surface area contributed by atoms with Gasteiger partial charge in [0.2, 0.25) is 10.0 Å². The molecule has 4 nitrogen and oxygen atoms in total. The summed E-state index contributed by atoms with van der Waals surface area (Å²) in [6.45, 7) is 5.04. The highest BCUT2D eigenvalue weighted by Gasteiger charge is 2.20. The maximum atomic E-state index is 11.9. The van der Waals surface area contributed by atoms with Gasteiger partial charge in [0.1, 0.15) is 0 Å². The average molecular weight is 246 g/mol. The first-order chi connectivity index (χ1) is 7.67. The lowest BCUT2D eigenvalue weighted by molar-refractivity contribution is 0.436. The van der Waals surface area contributed by atoms with Crippen LogP contribution in [0.1, 0.15) is 26.2 Å². The fourth-order valence-corrected chi connectivity index (χ4v) is 3.15. The Bertz CT molecular complexity index is 312. The van der Waals surface area contributed by atoms with Crippen molar-refractivity contribution in [3.8, 4) is 0 Å². The van der Waals surface area contributed by atoms with Crippen LogP contribution in [0.2, 0.25) is 0 Å². The van der Waals surface area contributed by atoms with Crippen molar-refractivity contribution >= 4 is 10.0 Å². The van der Waals surface area contributed by atoms with E-state index in [0.717, 1.165) is 25.9 Å². The first-order valence-electron chi connectivity index (χ1n) is 6.00. The number of rotatable bonds is 7. The summed E-state index contributed by atoms with van der Waals surface area (Å²) in [6, 6.07) is 0. The van der Waals surface area contributed by atoms with Gasteiger partial charge < -0.3 is 5.32 Å². The van der Waals surface area contributed by atoms with Crippen LogP contribution >= 0.6 is 0 Å². The molecule has 94 valence electrons. The van der Waals surface area contributed by atoms with Crippen LogP contribution in [0.15, 0.2) is 12.2 Å². The molecule has 1 N–H and O–H groups in total. The predicted octanol–water partition coefficient (Wildman–Crippen LogP) is 0.968. The van der Waals surface area contributed by atoms with Crippen molar-refractivity contribution in [3.05, 3.63) is 12.2 Å². The van der Waals surface area contributed by atoms with Crippen LogP contribution in [-0.4, -0.2) is 44.7 Å². The maximum absolute atomic E-state index is 11.9. The lowest BCUT2D eigenvalue weighted by Gasteiger charge is -2.22. The summed E-state index contributed by atoms with van der Waals surface area (Å²) in [4.78, 5) is 0. The molecule has 0 fully saturated rings. The Morgan fingerprint density at radius 1 is 1.31 bits per heavy atom. The van der Waals surface area contributed by atoms with Gasteiger partial charge in [-0.2, -0.15) is 4.31 Å². The highest BCUT2D eigenvalue weighted by molar-refractivity contribution is 7.89. The summed E-state index contributed by atoms with van der Waals surface area (Å²) in [5, 5.41) is 3.21. The highest BCUT2D eigenvalue weighted by Crippen LogP contribution is 2.08. The Labute approximate surface area is 98.8 Å². The van der Waals surface area contributed by atoms with Gasteiger partial charge in [0.25, 0.3) is 0 Å². The molecule has 0 radical (unpaired) electrons. The van der Waals surface area contributed by atoms with E-state index in [4.69, 9.17) is 0 Å². The van der Waals surface area contributed by atoms with Gasteiger partial charge in [-0.05, 0) is 32.4 Å². The molecule has 16 heavy (non-hydrogen) atoms. The van der Waals surface area contributed by atoms with Crippen molar-refractivity contribution in [2.75, 3.05) is 31.9 Å². The molecule has 0 unspecified atom stereocenters. The molecule has 0 aromatic rings. The van der Waals surface area contributed by atoms with Gasteiger partial charge in [-0.3, -0.25) is 0 Å².